The van der Waals surface area contributed by atoms with E-state index in [1.807, 2.05) is 18.2 Å². The highest BCUT2D eigenvalue weighted by atomic mass is 16.5. The monoisotopic (exact) mass is 296 g/mol. The molecule has 0 saturated heterocycles. The molecule has 21 heavy (non-hydrogen) atoms. The lowest BCUT2D eigenvalue weighted by Gasteiger charge is -2.11. The quantitative estimate of drug-likeness (QED) is 0.606. The fourth-order valence-corrected chi connectivity index (χ4v) is 1.85. The number of carbonyl (C=O) groups excluding carboxylic acids is 1. The van der Waals surface area contributed by atoms with Gasteiger partial charge in [-0.3, -0.25) is 0 Å². The summed E-state index contributed by atoms with van der Waals surface area (Å²) in [5.41, 5.74) is 0.933. The van der Waals surface area contributed by atoms with Gasteiger partial charge in [-0.05, 0) is 37.0 Å². The minimum Gasteiger partial charge on any atom is -0.493 e. The number of benzene rings is 1. The average molecular weight is 296 g/mol. The number of aliphatic hydroxyl groups is 1. The molecule has 0 fully saturated rings. The number of aliphatic hydroxyl groups excluding tert-OH is 1. The van der Waals surface area contributed by atoms with E-state index >= 15 is 0 Å². The molecule has 0 radical (unpaired) electrons. The zero-order valence-corrected chi connectivity index (χ0v) is 12.6. The maximum Gasteiger partial charge on any atom is 0.315 e. The molecule has 0 aliphatic heterocycles. The molecule has 3 N–H and O–H groups in total. The van der Waals surface area contributed by atoms with Crippen LogP contribution in [0.25, 0.3) is 0 Å². The van der Waals surface area contributed by atoms with Crippen LogP contribution in [0.5, 0.6) is 11.5 Å². The predicted molar refractivity (Wildman–Crippen MR) is 80.7 cm³/mol. The number of ether oxygens (including phenoxy) is 2. The summed E-state index contributed by atoms with van der Waals surface area (Å²) < 4.78 is 10.4. The van der Waals surface area contributed by atoms with Gasteiger partial charge in [-0.25, -0.2) is 4.79 Å². The molecule has 0 spiro atoms. The molecule has 1 aromatic rings. The molecule has 0 aliphatic rings. The zero-order chi connectivity index (χ0) is 15.5. The summed E-state index contributed by atoms with van der Waals surface area (Å²) in [5.74, 6) is 1.30. The minimum atomic E-state index is -0.200. The average Bonchev–Trinajstić information content (AvgIpc) is 2.52. The van der Waals surface area contributed by atoms with Crippen molar-refractivity contribution in [3.8, 4) is 11.5 Å². The highest BCUT2D eigenvalue weighted by molar-refractivity contribution is 5.73. The fraction of sp³-hybridized carbons (Fsp3) is 0.533. The van der Waals surface area contributed by atoms with Crippen molar-refractivity contribution in [1.29, 1.82) is 0 Å². The van der Waals surface area contributed by atoms with Gasteiger partial charge in [-0.2, -0.15) is 0 Å². The van der Waals surface area contributed by atoms with Crippen LogP contribution in [0.1, 0.15) is 24.8 Å². The van der Waals surface area contributed by atoms with E-state index < -0.39 is 0 Å². The largest absolute Gasteiger partial charge is 0.493 e. The molecule has 0 atom stereocenters. The van der Waals surface area contributed by atoms with Gasteiger partial charge in [-0.1, -0.05) is 6.07 Å². The molecule has 0 heterocycles. The van der Waals surface area contributed by atoms with E-state index in [1.54, 1.807) is 14.2 Å². The van der Waals surface area contributed by atoms with Crippen molar-refractivity contribution in [3.05, 3.63) is 23.8 Å². The molecule has 1 aromatic carbocycles. The number of carbonyl (C=O) groups is 1. The summed E-state index contributed by atoms with van der Waals surface area (Å²) in [5, 5.41) is 14.2. The van der Waals surface area contributed by atoms with Crippen LogP contribution in [0.2, 0.25) is 0 Å². The number of amides is 2. The van der Waals surface area contributed by atoms with Gasteiger partial charge in [0.1, 0.15) is 0 Å². The van der Waals surface area contributed by atoms with Crippen LogP contribution in [-0.4, -0.2) is 38.5 Å². The molecule has 118 valence electrons. The van der Waals surface area contributed by atoms with Crippen LogP contribution in [0.15, 0.2) is 18.2 Å². The predicted octanol–water partition coefficient (Wildman–Crippen LogP) is 1.67. The van der Waals surface area contributed by atoms with Gasteiger partial charge in [-0.15, -0.1) is 0 Å². The van der Waals surface area contributed by atoms with Crippen molar-refractivity contribution in [2.75, 3.05) is 27.4 Å². The smallest absolute Gasteiger partial charge is 0.315 e. The molecule has 2 amide bonds. The fourth-order valence-electron chi connectivity index (χ4n) is 1.85. The summed E-state index contributed by atoms with van der Waals surface area (Å²) in [4.78, 5) is 11.6. The molecule has 0 aliphatic carbocycles. The zero-order valence-electron chi connectivity index (χ0n) is 12.6. The van der Waals surface area contributed by atoms with Crippen LogP contribution < -0.4 is 20.1 Å². The molecular weight excluding hydrogens is 272 g/mol. The van der Waals surface area contributed by atoms with Gasteiger partial charge < -0.3 is 25.2 Å². The van der Waals surface area contributed by atoms with Gasteiger partial charge in [0.15, 0.2) is 11.5 Å². The normalized spacial score (nSPS) is 10.0. The van der Waals surface area contributed by atoms with Gasteiger partial charge in [0.05, 0.1) is 14.2 Å². The Morgan fingerprint density at radius 2 is 1.86 bits per heavy atom. The van der Waals surface area contributed by atoms with Crippen molar-refractivity contribution < 1.29 is 19.4 Å². The third kappa shape index (κ3) is 6.35. The number of unbranched alkanes of at least 4 members (excludes halogenated alkanes) is 2. The second-order valence-corrected chi connectivity index (χ2v) is 4.58. The molecule has 0 saturated carbocycles. The summed E-state index contributed by atoms with van der Waals surface area (Å²) in [7, 11) is 3.16. The Kier molecular flexibility index (Phi) is 8.04. The number of rotatable bonds is 9. The summed E-state index contributed by atoms with van der Waals surface area (Å²) >= 11 is 0. The first-order valence-electron chi connectivity index (χ1n) is 7.04. The van der Waals surface area contributed by atoms with Gasteiger partial charge in [0, 0.05) is 19.7 Å². The van der Waals surface area contributed by atoms with Gasteiger partial charge >= 0.3 is 6.03 Å². The highest BCUT2D eigenvalue weighted by Gasteiger charge is 2.05. The Balaban J connectivity index is 2.32. The van der Waals surface area contributed by atoms with E-state index in [2.05, 4.69) is 10.6 Å². The molecule has 0 aromatic heterocycles. The Morgan fingerprint density at radius 1 is 1.10 bits per heavy atom. The van der Waals surface area contributed by atoms with E-state index in [9.17, 15) is 4.79 Å². The van der Waals surface area contributed by atoms with Gasteiger partial charge in [0.25, 0.3) is 0 Å². The van der Waals surface area contributed by atoms with E-state index in [1.165, 1.54) is 0 Å². The first-order valence-corrected chi connectivity index (χ1v) is 7.04. The van der Waals surface area contributed by atoms with Crippen molar-refractivity contribution >= 4 is 6.03 Å². The number of methoxy groups -OCH3 is 2. The maximum atomic E-state index is 11.6. The molecule has 1 rings (SSSR count). The Morgan fingerprint density at radius 3 is 2.52 bits per heavy atom. The number of urea groups is 1. The van der Waals surface area contributed by atoms with E-state index in [-0.39, 0.29) is 12.6 Å². The molecule has 6 heteroatoms. The van der Waals surface area contributed by atoms with Crippen LogP contribution in [-0.2, 0) is 6.54 Å². The van der Waals surface area contributed by atoms with Crippen molar-refractivity contribution in [3.63, 3.8) is 0 Å². The van der Waals surface area contributed by atoms with Crippen molar-refractivity contribution in [2.45, 2.75) is 25.8 Å². The second kappa shape index (κ2) is 9.88. The van der Waals surface area contributed by atoms with E-state index in [0.717, 1.165) is 24.8 Å². The molecule has 0 bridgehead atoms. The highest BCUT2D eigenvalue weighted by Crippen LogP contribution is 2.27. The topological polar surface area (TPSA) is 79.8 Å². The number of hydrogen-bond donors (Lipinski definition) is 3. The first-order chi connectivity index (χ1) is 10.2. The molecule has 6 nitrogen and oxygen atoms in total. The standard InChI is InChI=1S/C15H24N2O4/c1-20-13-7-6-12(10-14(13)21-2)11-17-15(19)16-8-4-3-5-9-18/h6-7,10,18H,3-5,8-9,11H2,1-2H3,(H2,16,17,19). The lowest BCUT2D eigenvalue weighted by molar-refractivity contribution is 0.240. The van der Waals surface area contributed by atoms with Gasteiger partial charge in [0.2, 0.25) is 0 Å². The summed E-state index contributed by atoms with van der Waals surface area (Å²) in [6.45, 7) is 1.23. The Labute approximate surface area is 125 Å². The Bertz CT molecular complexity index is 438. The van der Waals surface area contributed by atoms with Crippen LogP contribution in [0.3, 0.4) is 0 Å². The van der Waals surface area contributed by atoms with Crippen LogP contribution >= 0.6 is 0 Å². The lowest BCUT2D eigenvalue weighted by atomic mass is 10.2. The third-order valence-corrected chi connectivity index (χ3v) is 3.02. The van der Waals surface area contributed by atoms with Crippen molar-refractivity contribution in [2.24, 2.45) is 0 Å². The van der Waals surface area contributed by atoms with Crippen LogP contribution in [0, 0.1) is 0 Å². The first kappa shape index (κ1) is 17.1. The summed E-state index contributed by atoms with van der Waals surface area (Å²) in [6, 6.07) is 5.32. The van der Waals surface area contributed by atoms with Crippen molar-refractivity contribution in [1.82, 2.24) is 10.6 Å². The maximum absolute atomic E-state index is 11.6. The Hall–Kier alpha value is -1.95. The molecular formula is C15H24N2O4. The molecule has 0 unspecified atom stereocenters. The summed E-state index contributed by atoms with van der Waals surface area (Å²) in [6.07, 6.45) is 2.55. The van der Waals surface area contributed by atoms with E-state index in [0.29, 0.717) is 24.6 Å². The minimum absolute atomic E-state index is 0.200. The number of nitrogens with one attached hydrogen (secondary N) is 2. The third-order valence-electron chi connectivity index (χ3n) is 3.02. The SMILES string of the molecule is COc1ccc(CNC(=O)NCCCCCO)cc1OC. The number of hydrogen-bond acceptors (Lipinski definition) is 4. The van der Waals surface area contributed by atoms with Crippen LogP contribution in [0.4, 0.5) is 4.79 Å². The second-order valence-electron chi connectivity index (χ2n) is 4.58. The lowest BCUT2D eigenvalue weighted by Crippen LogP contribution is -2.35. The van der Waals surface area contributed by atoms with E-state index in [4.69, 9.17) is 14.6 Å².